The first-order valence-corrected chi connectivity index (χ1v) is 17.1. The summed E-state index contributed by atoms with van der Waals surface area (Å²) in [7, 11) is 0. The zero-order valence-corrected chi connectivity index (χ0v) is 25.9. The smallest absolute Gasteiger partial charge is 0.397 e. The average molecular weight is 605 g/mol. The maximum absolute atomic E-state index is 14.1. The fourth-order valence-corrected chi connectivity index (χ4v) is 8.87. The van der Waals surface area contributed by atoms with Crippen LogP contribution in [0.5, 0.6) is 0 Å². The molecule has 226 valence electrons. The molecule has 1 saturated carbocycles. The number of ether oxygens (including phenoxy) is 1. The number of nitrogens with zero attached hydrogens (tertiary/aromatic N) is 3. The quantitative estimate of drug-likeness (QED) is 0.256. The number of esters is 1. The summed E-state index contributed by atoms with van der Waals surface area (Å²) >= 11 is 3.17. The Labute approximate surface area is 252 Å². The van der Waals surface area contributed by atoms with Crippen molar-refractivity contribution in [2.75, 3.05) is 31.2 Å². The predicted octanol–water partition coefficient (Wildman–Crippen LogP) is 4.03. The van der Waals surface area contributed by atoms with Crippen molar-refractivity contribution in [1.29, 1.82) is 0 Å². The van der Waals surface area contributed by atoms with Crippen LogP contribution in [-0.4, -0.2) is 86.5 Å². The van der Waals surface area contributed by atoms with E-state index in [0.717, 1.165) is 25.4 Å². The Balaban J connectivity index is 1.47. The van der Waals surface area contributed by atoms with Gasteiger partial charge in [0.25, 0.3) is 5.91 Å². The standard InChI is InChI=1S/C30H44N4O5S2/c1-3-26(35)31-34(24-15-17-32(18-16-24)19-22-11-7-5-8-12-22)27(36)25-21-41-30(33(25)28(37)29(38)39-4-2)40-20-23-13-9-6-10-14-23/h5,7-8,11-12,23-25,30H,3-4,6,9-10,13-21H2,1-2H3,(H,31,35)/t25-,30+/m0/s1. The van der Waals surface area contributed by atoms with Crippen molar-refractivity contribution in [3.05, 3.63) is 35.9 Å². The van der Waals surface area contributed by atoms with Crippen LogP contribution in [0.25, 0.3) is 0 Å². The van der Waals surface area contributed by atoms with E-state index in [9.17, 15) is 19.2 Å². The molecule has 2 atom stereocenters. The molecule has 2 aliphatic heterocycles. The van der Waals surface area contributed by atoms with Crippen LogP contribution in [0.1, 0.15) is 70.8 Å². The summed E-state index contributed by atoms with van der Waals surface area (Å²) in [6, 6.07) is 9.26. The number of carbonyl (C=O) groups excluding carboxylic acids is 4. The molecule has 0 spiro atoms. The second-order valence-electron chi connectivity index (χ2n) is 11.0. The molecule has 4 rings (SSSR count). The lowest BCUT2D eigenvalue weighted by Crippen LogP contribution is -2.61. The number of carbonyl (C=O) groups is 4. The number of piperidine rings is 1. The minimum absolute atomic E-state index is 0.0876. The molecular weight excluding hydrogens is 560 g/mol. The van der Waals surface area contributed by atoms with E-state index in [4.69, 9.17) is 4.74 Å². The van der Waals surface area contributed by atoms with Crippen LogP contribution in [-0.2, 0) is 30.5 Å². The predicted molar refractivity (Wildman–Crippen MR) is 163 cm³/mol. The third-order valence-corrected chi connectivity index (χ3v) is 11.1. The number of amides is 3. The first-order valence-electron chi connectivity index (χ1n) is 15.0. The van der Waals surface area contributed by atoms with Gasteiger partial charge in [-0.3, -0.25) is 29.6 Å². The number of hydrogen-bond acceptors (Lipinski definition) is 8. The van der Waals surface area contributed by atoms with Gasteiger partial charge in [-0.2, -0.15) is 0 Å². The van der Waals surface area contributed by atoms with Crippen LogP contribution < -0.4 is 5.43 Å². The van der Waals surface area contributed by atoms with Crippen molar-refractivity contribution < 1.29 is 23.9 Å². The van der Waals surface area contributed by atoms with E-state index in [0.29, 0.717) is 24.5 Å². The highest BCUT2D eigenvalue weighted by Crippen LogP contribution is 2.40. The molecule has 3 amide bonds. The van der Waals surface area contributed by atoms with Gasteiger partial charge in [-0.05, 0) is 49.8 Å². The van der Waals surface area contributed by atoms with Crippen molar-refractivity contribution in [1.82, 2.24) is 20.2 Å². The highest BCUT2D eigenvalue weighted by atomic mass is 32.2. The molecule has 0 radical (unpaired) electrons. The minimum atomic E-state index is -0.936. The van der Waals surface area contributed by atoms with E-state index in [1.54, 1.807) is 25.6 Å². The average Bonchev–Trinajstić information content (AvgIpc) is 3.43. The third-order valence-electron chi connectivity index (χ3n) is 8.10. The molecule has 2 heterocycles. The molecule has 11 heteroatoms. The van der Waals surface area contributed by atoms with Crippen LogP contribution in [0.3, 0.4) is 0 Å². The molecule has 3 fully saturated rings. The van der Waals surface area contributed by atoms with Crippen LogP contribution in [0.2, 0.25) is 0 Å². The maximum Gasteiger partial charge on any atom is 0.397 e. The van der Waals surface area contributed by atoms with E-state index < -0.39 is 17.9 Å². The normalized spacial score (nSPS) is 22.3. The van der Waals surface area contributed by atoms with Gasteiger partial charge in [0.05, 0.1) is 12.6 Å². The van der Waals surface area contributed by atoms with Crippen molar-refractivity contribution in [2.45, 2.75) is 88.5 Å². The van der Waals surface area contributed by atoms with Crippen molar-refractivity contribution in [2.24, 2.45) is 5.92 Å². The molecule has 1 aliphatic carbocycles. The van der Waals surface area contributed by atoms with Crippen molar-refractivity contribution in [3.63, 3.8) is 0 Å². The summed E-state index contributed by atoms with van der Waals surface area (Å²) in [6.07, 6.45) is 7.73. The summed E-state index contributed by atoms with van der Waals surface area (Å²) in [4.78, 5) is 56.5. The van der Waals surface area contributed by atoms with Gasteiger partial charge in [0.1, 0.15) is 10.7 Å². The monoisotopic (exact) mass is 604 g/mol. The molecule has 41 heavy (non-hydrogen) atoms. The van der Waals surface area contributed by atoms with E-state index >= 15 is 0 Å². The lowest BCUT2D eigenvalue weighted by atomic mass is 9.91. The first kappa shape index (κ1) is 31.7. The summed E-state index contributed by atoms with van der Waals surface area (Å²) in [5.41, 5.74) is 4.09. The summed E-state index contributed by atoms with van der Waals surface area (Å²) in [5.74, 6) is -0.448. The van der Waals surface area contributed by atoms with Gasteiger partial charge in [-0.1, -0.05) is 56.5 Å². The SMILES string of the molecule is CCOC(=O)C(=O)N1[C@H](SCC2CCCCC2)SC[C@H]1C(=O)N(NC(=O)CC)C1CCN(Cc2ccccc2)CC1. The Hall–Kier alpha value is -2.24. The zero-order chi connectivity index (χ0) is 29.2. The highest BCUT2D eigenvalue weighted by Gasteiger charge is 2.47. The van der Waals surface area contributed by atoms with E-state index in [1.165, 1.54) is 59.3 Å². The molecule has 3 aliphatic rings. The second kappa shape index (κ2) is 15.8. The lowest BCUT2D eigenvalue weighted by Gasteiger charge is -2.40. The van der Waals surface area contributed by atoms with E-state index in [2.05, 4.69) is 22.5 Å². The number of likely N-dealkylation sites (tertiary alicyclic amines) is 1. The maximum atomic E-state index is 14.1. The molecule has 1 N–H and O–H groups in total. The number of nitrogens with one attached hydrogen (secondary N) is 1. The van der Waals surface area contributed by atoms with Gasteiger partial charge in [-0.25, -0.2) is 9.80 Å². The Kier molecular flexibility index (Phi) is 12.2. The third kappa shape index (κ3) is 8.64. The van der Waals surface area contributed by atoms with Gasteiger partial charge >= 0.3 is 11.9 Å². The van der Waals surface area contributed by atoms with Crippen LogP contribution in [0.4, 0.5) is 0 Å². The molecular formula is C30H44N4O5S2. The lowest BCUT2D eigenvalue weighted by molar-refractivity contribution is -0.163. The van der Waals surface area contributed by atoms with Gasteiger partial charge < -0.3 is 4.74 Å². The van der Waals surface area contributed by atoms with Crippen molar-refractivity contribution >= 4 is 47.2 Å². The number of hydrogen-bond donors (Lipinski definition) is 1. The summed E-state index contributed by atoms with van der Waals surface area (Å²) in [6.45, 7) is 5.91. The van der Waals surface area contributed by atoms with E-state index in [1.807, 2.05) is 18.2 Å². The van der Waals surface area contributed by atoms with Gasteiger partial charge in [-0.15, -0.1) is 23.5 Å². The topological polar surface area (TPSA) is 99.3 Å². The number of thioether (sulfide) groups is 2. The van der Waals surface area contributed by atoms with E-state index in [-0.39, 0.29) is 35.6 Å². The first-order chi connectivity index (χ1) is 19.9. The zero-order valence-electron chi connectivity index (χ0n) is 24.3. The minimum Gasteiger partial charge on any atom is -0.459 e. The Morgan fingerprint density at radius 3 is 2.39 bits per heavy atom. The molecule has 1 aromatic rings. The van der Waals surface area contributed by atoms with Crippen LogP contribution in [0.15, 0.2) is 30.3 Å². The fourth-order valence-electron chi connectivity index (χ4n) is 5.78. The number of hydrazine groups is 1. The molecule has 1 aromatic carbocycles. The van der Waals surface area contributed by atoms with Gasteiger partial charge in [0, 0.05) is 31.8 Å². The molecule has 0 bridgehead atoms. The molecule has 0 aromatic heterocycles. The van der Waals surface area contributed by atoms with Gasteiger partial charge in [0.2, 0.25) is 5.91 Å². The van der Waals surface area contributed by atoms with Crippen molar-refractivity contribution in [3.8, 4) is 0 Å². The molecule has 9 nitrogen and oxygen atoms in total. The largest absolute Gasteiger partial charge is 0.459 e. The highest BCUT2D eigenvalue weighted by molar-refractivity contribution is 8.17. The second-order valence-corrected chi connectivity index (χ2v) is 13.5. The van der Waals surface area contributed by atoms with Crippen LogP contribution >= 0.6 is 23.5 Å². The molecule has 2 saturated heterocycles. The Morgan fingerprint density at radius 2 is 1.73 bits per heavy atom. The molecule has 0 unspecified atom stereocenters. The fraction of sp³-hybridized carbons (Fsp3) is 0.667. The number of rotatable bonds is 9. The van der Waals surface area contributed by atoms with Gasteiger partial charge in [0.15, 0.2) is 0 Å². The van der Waals surface area contributed by atoms with Crippen LogP contribution in [0, 0.1) is 5.92 Å². The Bertz CT molecular complexity index is 1030. The summed E-state index contributed by atoms with van der Waals surface area (Å²) in [5, 5.41) is 1.47. The Morgan fingerprint density at radius 1 is 1.02 bits per heavy atom. The summed E-state index contributed by atoms with van der Waals surface area (Å²) < 4.78 is 4.71. The number of benzene rings is 1.